The molecule has 0 saturated carbocycles. The summed E-state index contributed by atoms with van der Waals surface area (Å²) in [6.07, 6.45) is -4.42. The van der Waals surface area contributed by atoms with Crippen LogP contribution in [0.2, 0.25) is 0 Å². The quantitative estimate of drug-likeness (QED) is 0.531. The Morgan fingerprint density at radius 2 is 1.76 bits per heavy atom. The van der Waals surface area contributed by atoms with E-state index < -0.39 is 26.7 Å². The second kappa shape index (κ2) is 8.92. The van der Waals surface area contributed by atoms with E-state index in [0.717, 1.165) is 33.3 Å². The van der Waals surface area contributed by atoms with Gasteiger partial charge in [0.15, 0.2) is 0 Å². The first-order valence-corrected chi connectivity index (χ1v) is 11.9. The summed E-state index contributed by atoms with van der Waals surface area (Å²) < 4.78 is 75.3. The molecule has 0 amide bonds. The van der Waals surface area contributed by atoms with E-state index in [-0.39, 0.29) is 19.7 Å². The molecule has 6 nitrogen and oxygen atoms in total. The van der Waals surface area contributed by atoms with Crippen LogP contribution in [0, 0.1) is 6.92 Å². The van der Waals surface area contributed by atoms with Crippen molar-refractivity contribution in [3.8, 4) is 0 Å². The smallest absolute Gasteiger partial charge is 0.370 e. The lowest BCUT2D eigenvalue weighted by atomic mass is 10.1. The molecule has 0 saturated heterocycles. The molecule has 4 rings (SSSR count). The summed E-state index contributed by atoms with van der Waals surface area (Å²) in [7, 11) is -2.59. The molecule has 0 atom stereocenters. The van der Waals surface area contributed by atoms with Gasteiger partial charge in [-0.1, -0.05) is 36.4 Å². The van der Waals surface area contributed by atoms with Crippen LogP contribution in [-0.4, -0.2) is 29.0 Å². The molecule has 0 N–H and O–H groups in total. The Morgan fingerprint density at radius 3 is 2.48 bits per heavy atom. The Morgan fingerprint density at radius 1 is 1.06 bits per heavy atom. The van der Waals surface area contributed by atoms with Gasteiger partial charge in [-0.15, -0.1) is 0 Å². The van der Waals surface area contributed by atoms with E-state index in [1.54, 1.807) is 11.7 Å². The first kappa shape index (κ1) is 23.5. The lowest BCUT2D eigenvalue weighted by Crippen LogP contribution is -2.37. The highest BCUT2D eigenvalue weighted by Crippen LogP contribution is 2.36. The van der Waals surface area contributed by atoms with Crippen LogP contribution < -0.4 is 0 Å². The zero-order valence-corrected chi connectivity index (χ0v) is 19.1. The summed E-state index contributed by atoms with van der Waals surface area (Å²) in [6.45, 7) is 2.55. The number of nitrogens with zero attached hydrogens (tertiary/aromatic N) is 3. The van der Waals surface area contributed by atoms with Crippen LogP contribution in [0.25, 0.3) is 0 Å². The number of halogens is 3. The van der Waals surface area contributed by atoms with Crippen LogP contribution in [0.3, 0.4) is 0 Å². The number of rotatable bonds is 6. The van der Waals surface area contributed by atoms with Gasteiger partial charge < -0.3 is 4.74 Å². The first-order chi connectivity index (χ1) is 15.6. The van der Waals surface area contributed by atoms with E-state index in [0.29, 0.717) is 24.3 Å². The van der Waals surface area contributed by atoms with Crippen molar-refractivity contribution in [2.45, 2.75) is 44.2 Å². The second-order valence-corrected chi connectivity index (χ2v) is 9.90. The number of alkyl halides is 3. The van der Waals surface area contributed by atoms with Crippen molar-refractivity contribution in [2.75, 3.05) is 6.54 Å². The Balaban J connectivity index is 1.57. The first-order valence-electron chi connectivity index (χ1n) is 10.4. The van der Waals surface area contributed by atoms with Crippen molar-refractivity contribution in [1.29, 1.82) is 0 Å². The average Bonchev–Trinajstić information content (AvgIpc) is 3.09. The predicted octanol–water partition coefficient (Wildman–Crippen LogP) is 4.21. The van der Waals surface area contributed by atoms with Crippen LogP contribution in [0.15, 0.2) is 53.4 Å². The average molecular weight is 480 g/mol. The van der Waals surface area contributed by atoms with Crippen molar-refractivity contribution in [3.05, 3.63) is 82.2 Å². The fourth-order valence-electron chi connectivity index (χ4n) is 4.06. The summed E-state index contributed by atoms with van der Waals surface area (Å²) in [5.74, 6) is 0. The topological polar surface area (TPSA) is 64.4 Å². The molecule has 33 heavy (non-hydrogen) atoms. The largest absolute Gasteiger partial charge is 0.417 e. The maximum atomic E-state index is 13.4. The third-order valence-electron chi connectivity index (χ3n) is 5.86. The van der Waals surface area contributed by atoms with E-state index >= 15 is 0 Å². The van der Waals surface area contributed by atoms with Gasteiger partial charge in [-0.25, -0.2) is 8.42 Å². The van der Waals surface area contributed by atoms with Gasteiger partial charge in [0, 0.05) is 37.8 Å². The van der Waals surface area contributed by atoms with Gasteiger partial charge >= 0.3 is 6.18 Å². The molecule has 0 spiro atoms. The van der Waals surface area contributed by atoms with Crippen molar-refractivity contribution < 1.29 is 26.3 Å². The van der Waals surface area contributed by atoms with Gasteiger partial charge in [-0.3, -0.25) is 4.68 Å². The standard InChI is InChI=1S/C23H24F3N3O3S/c1-16-7-3-4-8-17(16)14-32-15-20-18-13-29(12-11-21(18)28(2)27-20)33(30,31)22-10-6-5-9-19(22)23(24,25)26/h3-10H,11-15H2,1-2H3. The summed E-state index contributed by atoms with van der Waals surface area (Å²) in [5, 5.41) is 4.48. The number of sulfonamides is 1. The van der Waals surface area contributed by atoms with Crippen molar-refractivity contribution >= 4 is 10.0 Å². The van der Waals surface area contributed by atoms with E-state index in [1.807, 2.05) is 31.2 Å². The highest BCUT2D eigenvalue weighted by molar-refractivity contribution is 7.89. The fraction of sp³-hybridized carbons (Fsp3) is 0.348. The van der Waals surface area contributed by atoms with E-state index in [4.69, 9.17) is 4.74 Å². The Hall–Kier alpha value is -2.69. The van der Waals surface area contributed by atoms with Crippen molar-refractivity contribution in [2.24, 2.45) is 7.05 Å². The number of aryl methyl sites for hydroxylation is 2. The number of hydrogen-bond donors (Lipinski definition) is 0. The highest BCUT2D eigenvalue weighted by atomic mass is 32.2. The summed E-state index contributed by atoms with van der Waals surface area (Å²) in [6, 6.07) is 12.1. The number of benzene rings is 2. The molecule has 0 aliphatic carbocycles. The highest BCUT2D eigenvalue weighted by Gasteiger charge is 2.40. The lowest BCUT2D eigenvalue weighted by molar-refractivity contribution is -0.139. The minimum atomic E-state index is -4.77. The van der Waals surface area contributed by atoms with Crippen molar-refractivity contribution in [3.63, 3.8) is 0 Å². The zero-order valence-electron chi connectivity index (χ0n) is 18.3. The Bertz CT molecular complexity index is 1270. The van der Waals surface area contributed by atoms with Crippen LogP contribution in [-0.2, 0) is 54.2 Å². The van der Waals surface area contributed by atoms with Crippen LogP contribution in [0.1, 0.15) is 33.6 Å². The number of aromatic nitrogens is 2. The van der Waals surface area contributed by atoms with Crippen LogP contribution in [0.4, 0.5) is 13.2 Å². The molecule has 0 unspecified atom stereocenters. The number of hydrogen-bond acceptors (Lipinski definition) is 4. The molecular weight excluding hydrogens is 455 g/mol. The minimum absolute atomic E-state index is 0.0548. The van der Waals surface area contributed by atoms with E-state index in [9.17, 15) is 21.6 Å². The SMILES string of the molecule is Cc1ccccc1COCc1nn(C)c2c1CN(S(=O)(=O)c1ccccc1C(F)(F)F)CC2. The van der Waals surface area contributed by atoms with Gasteiger partial charge in [-0.05, 0) is 30.2 Å². The van der Waals surface area contributed by atoms with Crippen molar-refractivity contribution in [1.82, 2.24) is 14.1 Å². The zero-order chi connectivity index (χ0) is 23.8. The lowest BCUT2D eigenvalue weighted by Gasteiger charge is -2.28. The molecule has 0 bridgehead atoms. The Labute approximate surface area is 190 Å². The summed E-state index contributed by atoms with van der Waals surface area (Å²) in [5.41, 5.74) is 3.10. The third kappa shape index (κ3) is 4.68. The molecule has 1 aliphatic rings. The van der Waals surface area contributed by atoms with Gasteiger partial charge in [0.25, 0.3) is 0 Å². The van der Waals surface area contributed by atoms with Gasteiger partial charge in [0.1, 0.15) is 0 Å². The minimum Gasteiger partial charge on any atom is -0.370 e. The van der Waals surface area contributed by atoms with Gasteiger partial charge in [0.2, 0.25) is 10.0 Å². The van der Waals surface area contributed by atoms with Gasteiger partial charge in [0.05, 0.1) is 29.4 Å². The van der Waals surface area contributed by atoms with E-state index in [2.05, 4.69) is 5.10 Å². The summed E-state index contributed by atoms with van der Waals surface area (Å²) >= 11 is 0. The molecule has 176 valence electrons. The number of fused-ring (bicyclic) bond motifs is 1. The monoisotopic (exact) mass is 479 g/mol. The molecular formula is C23H24F3N3O3S. The molecule has 0 radical (unpaired) electrons. The van der Waals surface area contributed by atoms with Gasteiger partial charge in [-0.2, -0.15) is 22.6 Å². The van der Waals surface area contributed by atoms with Crippen LogP contribution in [0.5, 0.6) is 0 Å². The molecule has 1 aromatic heterocycles. The normalized spacial score (nSPS) is 14.9. The van der Waals surface area contributed by atoms with Crippen LogP contribution >= 0.6 is 0 Å². The van der Waals surface area contributed by atoms with E-state index in [1.165, 1.54) is 12.1 Å². The Kier molecular flexibility index (Phi) is 6.35. The second-order valence-electron chi connectivity index (χ2n) is 8.00. The number of ether oxygens (including phenoxy) is 1. The molecule has 0 fully saturated rings. The molecule has 1 aliphatic heterocycles. The molecule has 2 heterocycles. The molecule has 2 aromatic carbocycles. The third-order valence-corrected chi connectivity index (χ3v) is 7.76. The summed E-state index contributed by atoms with van der Waals surface area (Å²) in [4.78, 5) is -0.734. The maximum absolute atomic E-state index is 13.4. The fourth-order valence-corrected chi connectivity index (χ4v) is 5.68. The predicted molar refractivity (Wildman–Crippen MR) is 116 cm³/mol. The molecule has 10 heteroatoms. The maximum Gasteiger partial charge on any atom is 0.417 e. The molecule has 3 aromatic rings.